The highest BCUT2D eigenvalue weighted by atomic mass is 32.2. The van der Waals surface area contributed by atoms with E-state index in [1.54, 1.807) is 0 Å². The lowest BCUT2D eigenvalue weighted by Crippen LogP contribution is -2.34. The smallest absolute Gasteiger partial charge is 0.356 e. The van der Waals surface area contributed by atoms with Gasteiger partial charge in [-0.25, -0.2) is 17.8 Å². The number of hydrogen-bond acceptors (Lipinski definition) is 4. The zero-order valence-corrected chi connectivity index (χ0v) is 15.4. The summed E-state index contributed by atoms with van der Waals surface area (Å²) in [5.74, 6) is -0.308. The summed E-state index contributed by atoms with van der Waals surface area (Å²) in [6, 6.07) is 7.59. The summed E-state index contributed by atoms with van der Waals surface area (Å²) in [7, 11) is -3.92. The quantitative estimate of drug-likeness (QED) is 0.724. The predicted molar refractivity (Wildman–Crippen MR) is 93.6 cm³/mol. The van der Waals surface area contributed by atoms with E-state index < -0.39 is 27.6 Å². The zero-order valence-electron chi connectivity index (χ0n) is 14.6. The number of hydrogen-bond donors (Lipinski definition) is 0. The van der Waals surface area contributed by atoms with Gasteiger partial charge in [-0.05, 0) is 36.1 Å². The summed E-state index contributed by atoms with van der Waals surface area (Å²) in [4.78, 5) is 5.43. The number of fused-ring (bicyclic) bond motifs is 1. The fraction of sp³-hybridized carbons (Fsp3) is 0.389. The Hall–Kier alpha value is -2.20. The Balaban J connectivity index is 1.46. The molecular formula is C18H17F4N3O2S. The number of pyridine rings is 1. The van der Waals surface area contributed by atoms with Crippen molar-refractivity contribution in [1.29, 1.82) is 0 Å². The molecule has 0 aliphatic carbocycles. The summed E-state index contributed by atoms with van der Waals surface area (Å²) in [5, 5.41) is 0. The van der Waals surface area contributed by atoms with Crippen LogP contribution in [0.2, 0.25) is 0 Å². The summed E-state index contributed by atoms with van der Waals surface area (Å²) in [5.41, 5.74) is -0.808. The van der Waals surface area contributed by atoms with Gasteiger partial charge in [0.25, 0.3) is 0 Å². The molecular weight excluding hydrogens is 398 g/mol. The molecule has 0 spiro atoms. The summed E-state index contributed by atoms with van der Waals surface area (Å²) < 4.78 is 78.7. The molecule has 2 unspecified atom stereocenters. The standard InChI is InChI=1S/C18H17F4N3O2S/c19-15-3-1-2-4-16(15)28(26,27)25-10-12-8-24(9-13(12)11-25)17-6-5-14(7-23-17)18(20,21)22/h1-7,12-13H,8-11H2. The third kappa shape index (κ3) is 3.35. The highest BCUT2D eigenvalue weighted by Gasteiger charge is 2.45. The molecule has 0 amide bonds. The molecule has 2 aliphatic heterocycles. The van der Waals surface area contributed by atoms with E-state index >= 15 is 0 Å². The lowest BCUT2D eigenvalue weighted by atomic mass is 10.0. The van der Waals surface area contributed by atoms with Crippen LogP contribution in [0.1, 0.15) is 5.56 Å². The Morgan fingerprint density at radius 3 is 2.14 bits per heavy atom. The molecule has 10 heteroatoms. The van der Waals surface area contributed by atoms with Crippen molar-refractivity contribution in [2.75, 3.05) is 31.1 Å². The van der Waals surface area contributed by atoms with Gasteiger partial charge in [-0.1, -0.05) is 12.1 Å². The summed E-state index contributed by atoms with van der Waals surface area (Å²) in [6.07, 6.45) is -3.63. The molecule has 0 radical (unpaired) electrons. The van der Waals surface area contributed by atoms with Gasteiger partial charge in [0.1, 0.15) is 16.5 Å². The van der Waals surface area contributed by atoms with Crippen molar-refractivity contribution >= 4 is 15.8 Å². The highest BCUT2D eigenvalue weighted by Crippen LogP contribution is 2.37. The number of alkyl halides is 3. The minimum atomic E-state index is -4.44. The lowest BCUT2D eigenvalue weighted by Gasteiger charge is -2.22. The molecule has 150 valence electrons. The third-order valence-electron chi connectivity index (χ3n) is 5.31. The molecule has 1 aromatic heterocycles. The van der Waals surface area contributed by atoms with E-state index in [-0.39, 0.29) is 29.8 Å². The van der Waals surface area contributed by atoms with Gasteiger partial charge in [-0.2, -0.15) is 17.5 Å². The van der Waals surface area contributed by atoms with Crippen LogP contribution in [0.25, 0.3) is 0 Å². The molecule has 5 nitrogen and oxygen atoms in total. The predicted octanol–water partition coefficient (Wildman–Crippen LogP) is 3.00. The number of rotatable bonds is 3. The molecule has 0 N–H and O–H groups in total. The molecule has 4 rings (SSSR count). The molecule has 2 fully saturated rings. The van der Waals surface area contributed by atoms with Crippen molar-refractivity contribution in [3.05, 3.63) is 54.0 Å². The van der Waals surface area contributed by atoms with Crippen molar-refractivity contribution in [2.45, 2.75) is 11.1 Å². The minimum absolute atomic E-state index is 0.0191. The van der Waals surface area contributed by atoms with Crippen LogP contribution in [-0.2, 0) is 16.2 Å². The topological polar surface area (TPSA) is 53.5 Å². The Labute approximate surface area is 159 Å². The second-order valence-corrected chi connectivity index (χ2v) is 8.99. The maximum Gasteiger partial charge on any atom is 0.417 e. The average Bonchev–Trinajstić information content (AvgIpc) is 3.21. The van der Waals surface area contributed by atoms with Crippen LogP contribution in [0.4, 0.5) is 23.4 Å². The number of benzene rings is 1. The fourth-order valence-electron chi connectivity index (χ4n) is 3.87. The Kier molecular flexibility index (Phi) is 4.58. The van der Waals surface area contributed by atoms with Crippen LogP contribution in [0.5, 0.6) is 0 Å². The first kappa shape index (κ1) is 19.1. The molecule has 0 saturated carbocycles. The van der Waals surface area contributed by atoms with Gasteiger partial charge in [0.05, 0.1) is 5.56 Å². The largest absolute Gasteiger partial charge is 0.417 e. The first-order chi connectivity index (χ1) is 13.2. The Morgan fingerprint density at radius 1 is 0.964 bits per heavy atom. The zero-order chi connectivity index (χ0) is 20.1. The number of anilines is 1. The maximum absolute atomic E-state index is 13.9. The van der Waals surface area contributed by atoms with E-state index in [1.165, 1.54) is 28.6 Å². The average molecular weight is 415 g/mol. The van der Waals surface area contributed by atoms with Crippen molar-refractivity contribution < 1.29 is 26.0 Å². The number of nitrogens with zero attached hydrogens (tertiary/aromatic N) is 3. The molecule has 2 aromatic rings. The molecule has 3 heterocycles. The van der Waals surface area contributed by atoms with Gasteiger partial charge >= 0.3 is 6.18 Å². The number of sulfonamides is 1. The highest BCUT2D eigenvalue weighted by molar-refractivity contribution is 7.89. The van der Waals surface area contributed by atoms with Crippen molar-refractivity contribution in [2.24, 2.45) is 11.8 Å². The van der Waals surface area contributed by atoms with Crippen LogP contribution >= 0.6 is 0 Å². The van der Waals surface area contributed by atoms with Gasteiger partial charge in [0.2, 0.25) is 10.0 Å². The van der Waals surface area contributed by atoms with E-state index in [9.17, 15) is 26.0 Å². The maximum atomic E-state index is 13.9. The van der Waals surface area contributed by atoms with E-state index in [0.717, 1.165) is 18.3 Å². The van der Waals surface area contributed by atoms with Crippen LogP contribution in [0.3, 0.4) is 0 Å². The van der Waals surface area contributed by atoms with Crippen LogP contribution in [0.15, 0.2) is 47.5 Å². The summed E-state index contributed by atoms with van der Waals surface area (Å²) in [6.45, 7) is 1.48. The second-order valence-electron chi connectivity index (χ2n) is 7.08. The molecule has 0 bridgehead atoms. The van der Waals surface area contributed by atoms with E-state index in [0.29, 0.717) is 18.9 Å². The SMILES string of the molecule is O=S(=O)(c1ccccc1F)N1CC2CN(c3ccc(C(F)(F)F)cn3)CC2C1. The van der Waals surface area contributed by atoms with Crippen LogP contribution in [0, 0.1) is 17.7 Å². The van der Waals surface area contributed by atoms with E-state index in [2.05, 4.69) is 4.98 Å². The first-order valence-corrected chi connectivity index (χ1v) is 10.1. The number of halogens is 4. The normalized spacial score (nSPS) is 23.2. The van der Waals surface area contributed by atoms with Crippen LogP contribution < -0.4 is 4.90 Å². The Bertz CT molecular complexity index is 965. The molecule has 1 aromatic carbocycles. The minimum Gasteiger partial charge on any atom is -0.356 e. The van der Waals surface area contributed by atoms with Gasteiger partial charge in [-0.3, -0.25) is 0 Å². The second kappa shape index (κ2) is 6.70. The molecule has 2 aliphatic rings. The van der Waals surface area contributed by atoms with Gasteiger partial charge in [0, 0.05) is 32.4 Å². The van der Waals surface area contributed by atoms with Gasteiger partial charge in [-0.15, -0.1) is 0 Å². The fourth-order valence-corrected chi connectivity index (χ4v) is 5.49. The van der Waals surface area contributed by atoms with Gasteiger partial charge in [0.15, 0.2) is 0 Å². The third-order valence-corrected chi connectivity index (χ3v) is 7.17. The van der Waals surface area contributed by atoms with Crippen molar-refractivity contribution in [1.82, 2.24) is 9.29 Å². The Morgan fingerprint density at radius 2 is 1.61 bits per heavy atom. The number of aromatic nitrogens is 1. The first-order valence-electron chi connectivity index (χ1n) is 8.69. The molecule has 2 atom stereocenters. The van der Waals surface area contributed by atoms with Crippen LogP contribution in [-0.4, -0.2) is 43.9 Å². The molecule has 2 saturated heterocycles. The lowest BCUT2D eigenvalue weighted by molar-refractivity contribution is -0.137. The van der Waals surface area contributed by atoms with Crippen molar-refractivity contribution in [3.63, 3.8) is 0 Å². The van der Waals surface area contributed by atoms with E-state index in [4.69, 9.17) is 0 Å². The monoisotopic (exact) mass is 415 g/mol. The van der Waals surface area contributed by atoms with Crippen molar-refractivity contribution in [3.8, 4) is 0 Å². The summed E-state index contributed by atoms with van der Waals surface area (Å²) >= 11 is 0. The van der Waals surface area contributed by atoms with E-state index in [1.807, 2.05) is 4.90 Å². The van der Waals surface area contributed by atoms with Gasteiger partial charge < -0.3 is 4.90 Å². The molecule has 28 heavy (non-hydrogen) atoms.